The Labute approximate surface area is 115 Å². The maximum atomic E-state index is 12.1. The number of amides is 1. The average molecular weight is 271 g/mol. The number of carbonyl (C=O) groups is 3. The van der Waals surface area contributed by atoms with Crippen LogP contribution in [0.1, 0.15) is 40.0 Å². The number of carboxylic acids is 1. The van der Waals surface area contributed by atoms with Crippen molar-refractivity contribution in [1.82, 2.24) is 4.90 Å². The number of aliphatic carboxylic acids is 1. The van der Waals surface area contributed by atoms with Crippen LogP contribution < -0.4 is 0 Å². The second-order valence-corrected chi connectivity index (χ2v) is 5.36. The van der Waals surface area contributed by atoms with Crippen LogP contribution in [0.5, 0.6) is 0 Å². The van der Waals surface area contributed by atoms with Crippen LogP contribution in [0.2, 0.25) is 0 Å². The van der Waals surface area contributed by atoms with E-state index in [0.717, 1.165) is 0 Å². The number of carboxylic acid groups (broad SMARTS) is 1. The lowest BCUT2D eigenvalue weighted by molar-refractivity contribution is -0.143. The zero-order valence-electron chi connectivity index (χ0n) is 12.5. The fourth-order valence-corrected chi connectivity index (χ4v) is 2.04. The van der Waals surface area contributed by atoms with Crippen LogP contribution >= 0.6 is 0 Å². The summed E-state index contributed by atoms with van der Waals surface area (Å²) in [6.45, 7) is 5.07. The second-order valence-electron chi connectivity index (χ2n) is 5.36. The Kier molecular flexibility index (Phi) is 7.34. The van der Waals surface area contributed by atoms with Crippen molar-refractivity contribution in [3.63, 3.8) is 0 Å². The van der Waals surface area contributed by atoms with Gasteiger partial charge in [0.1, 0.15) is 5.78 Å². The minimum absolute atomic E-state index is 0.0277. The quantitative estimate of drug-likeness (QED) is 0.730. The molecule has 0 aromatic carbocycles. The van der Waals surface area contributed by atoms with Crippen LogP contribution in [0.25, 0.3) is 0 Å². The molecule has 0 aromatic heterocycles. The van der Waals surface area contributed by atoms with Crippen molar-refractivity contribution in [2.75, 3.05) is 14.1 Å². The number of ketones is 1. The van der Waals surface area contributed by atoms with Crippen LogP contribution in [-0.2, 0) is 14.4 Å². The molecule has 0 aliphatic carbocycles. The molecule has 3 unspecified atom stereocenters. The fourth-order valence-electron chi connectivity index (χ4n) is 2.04. The average Bonchev–Trinajstić information content (AvgIpc) is 2.32. The lowest BCUT2D eigenvalue weighted by atomic mass is 9.84. The van der Waals surface area contributed by atoms with Gasteiger partial charge in [-0.25, -0.2) is 0 Å². The van der Waals surface area contributed by atoms with Crippen molar-refractivity contribution in [2.24, 2.45) is 17.8 Å². The normalized spacial score (nSPS) is 15.4. The van der Waals surface area contributed by atoms with E-state index in [0.29, 0.717) is 19.3 Å². The first-order valence-corrected chi connectivity index (χ1v) is 6.65. The summed E-state index contributed by atoms with van der Waals surface area (Å²) in [5, 5.41) is 9.09. The van der Waals surface area contributed by atoms with Crippen LogP contribution in [0.3, 0.4) is 0 Å². The molecule has 110 valence electrons. The zero-order chi connectivity index (χ0) is 15.2. The topological polar surface area (TPSA) is 74.7 Å². The molecule has 3 atom stereocenters. The fraction of sp³-hybridized carbons (Fsp3) is 0.786. The molecule has 0 saturated carbocycles. The molecule has 0 aliphatic rings. The molecule has 5 heteroatoms. The van der Waals surface area contributed by atoms with Crippen molar-refractivity contribution < 1.29 is 19.5 Å². The van der Waals surface area contributed by atoms with Gasteiger partial charge < -0.3 is 10.0 Å². The van der Waals surface area contributed by atoms with E-state index in [4.69, 9.17) is 5.11 Å². The van der Waals surface area contributed by atoms with Gasteiger partial charge in [0, 0.05) is 25.9 Å². The smallest absolute Gasteiger partial charge is 0.306 e. The van der Waals surface area contributed by atoms with E-state index >= 15 is 0 Å². The zero-order valence-corrected chi connectivity index (χ0v) is 12.5. The van der Waals surface area contributed by atoms with E-state index in [2.05, 4.69) is 0 Å². The summed E-state index contributed by atoms with van der Waals surface area (Å²) >= 11 is 0. The predicted molar refractivity (Wildman–Crippen MR) is 72.7 cm³/mol. The lowest BCUT2D eigenvalue weighted by Gasteiger charge is -2.24. The Morgan fingerprint density at radius 2 is 1.63 bits per heavy atom. The summed E-state index contributed by atoms with van der Waals surface area (Å²) in [5.74, 6) is -2.12. The Hall–Kier alpha value is -1.39. The van der Waals surface area contributed by atoms with Gasteiger partial charge in [0.2, 0.25) is 5.91 Å². The summed E-state index contributed by atoms with van der Waals surface area (Å²) < 4.78 is 0. The molecule has 19 heavy (non-hydrogen) atoms. The van der Waals surface area contributed by atoms with Gasteiger partial charge in [0.05, 0.1) is 5.92 Å². The molecule has 0 fully saturated rings. The van der Waals surface area contributed by atoms with E-state index in [1.165, 1.54) is 11.8 Å². The summed E-state index contributed by atoms with van der Waals surface area (Å²) in [6, 6.07) is 0. The maximum Gasteiger partial charge on any atom is 0.306 e. The minimum Gasteiger partial charge on any atom is -0.481 e. The van der Waals surface area contributed by atoms with Crippen molar-refractivity contribution in [1.29, 1.82) is 0 Å². The number of Topliss-reactive ketones (excluding diaryl/α,β-unsaturated/α-hetero) is 1. The maximum absolute atomic E-state index is 12.1. The highest BCUT2D eigenvalue weighted by molar-refractivity contribution is 5.82. The third kappa shape index (κ3) is 5.85. The molecule has 0 spiro atoms. The second kappa shape index (κ2) is 7.92. The number of hydrogen-bond acceptors (Lipinski definition) is 3. The van der Waals surface area contributed by atoms with Gasteiger partial charge in [-0.2, -0.15) is 0 Å². The van der Waals surface area contributed by atoms with Gasteiger partial charge in [-0.05, 0) is 26.2 Å². The molecule has 5 nitrogen and oxygen atoms in total. The summed E-state index contributed by atoms with van der Waals surface area (Å²) in [6.07, 6.45) is 1.19. The van der Waals surface area contributed by atoms with Crippen LogP contribution in [0.15, 0.2) is 0 Å². The molecular weight excluding hydrogens is 246 g/mol. The van der Waals surface area contributed by atoms with Crippen molar-refractivity contribution in [3.8, 4) is 0 Å². The van der Waals surface area contributed by atoms with Gasteiger partial charge in [-0.1, -0.05) is 13.8 Å². The molecule has 1 amide bonds. The van der Waals surface area contributed by atoms with E-state index in [1.807, 2.05) is 0 Å². The van der Waals surface area contributed by atoms with Gasteiger partial charge in [-0.3, -0.25) is 14.4 Å². The molecule has 0 heterocycles. The van der Waals surface area contributed by atoms with Crippen LogP contribution in [0.4, 0.5) is 0 Å². The van der Waals surface area contributed by atoms with E-state index in [9.17, 15) is 14.4 Å². The third-order valence-electron chi connectivity index (χ3n) is 3.53. The first-order valence-electron chi connectivity index (χ1n) is 6.65. The largest absolute Gasteiger partial charge is 0.481 e. The highest BCUT2D eigenvalue weighted by Crippen LogP contribution is 2.24. The summed E-state index contributed by atoms with van der Waals surface area (Å²) in [4.78, 5) is 36.0. The van der Waals surface area contributed by atoms with Crippen LogP contribution in [0, 0.1) is 17.8 Å². The Morgan fingerprint density at radius 3 is 1.95 bits per heavy atom. The number of rotatable bonds is 8. The van der Waals surface area contributed by atoms with Crippen molar-refractivity contribution >= 4 is 17.7 Å². The van der Waals surface area contributed by atoms with Gasteiger partial charge in [0.25, 0.3) is 0 Å². The van der Waals surface area contributed by atoms with Crippen LogP contribution in [-0.4, -0.2) is 41.8 Å². The van der Waals surface area contributed by atoms with E-state index in [1.54, 1.807) is 27.9 Å². The lowest BCUT2D eigenvalue weighted by Crippen LogP contribution is -2.34. The van der Waals surface area contributed by atoms with Crippen molar-refractivity contribution in [3.05, 3.63) is 0 Å². The molecule has 0 rings (SSSR count). The molecule has 0 radical (unpaired) electrons. The van der Waals surface area contributed by atoms with E-state index in [-0.39, 0.29) is 17.6 Å². The minimum atomic E-state index is -0.880. The first kappa shape index (κ1) is 17.6. The standard InChI is InChI=1S/C14H25NO4/c1-6-11(14(18)19)8-12(13(17)15(4)5)7-9(2)10(3)16/h9,11-12H,6-8H2,1-5H3,(H,18,19). The van der Waals surface area contributed by atoms with E-state index < -0.39 is 17.8 Å². The highest BCUT2D eigenvalue weighted by atomic mass is 16.4. The molecular formula is C14H25NO4. The number of nitrogens with zero attached hydrogens (tertiary/aromatic N) is 1. The van der Waals surface area contributed by atoms with Gasteiger partial charge >= 0.3 is 5.97 Å². The van der Waals surface area contributed by atoms with Gasteiger partial charge in [0.15, 0.2) is 0 Å². The highest BCUT2D eigenvalue weighted by Gasteiger charge is 2.29. The molecule has 0 saturated heterocycles. The SMILES string of the molecule is CCC(CC(CC(C)C(C)=O)C(=O)N(C)C)C(=O)O. The number of carbonyl (C=O) groups excluding carboxylic acids is 2. The Morgan fingerprint density at radius 1 is 1.11 bits per heavy atom. The Bertz CT molecular complexity index is 338. The monoisotopic (exact) mass is 271 g/mol. The van der Waals surface area contributed by atoms with Gasteiger partial charge in [-0.15, -0.1) is 0 Å². The summed E-state index contributed by atoms with van der Waals surface area (Å²) in [5.41, 5.74) is 0. The molecule has 0 aliphatic heterocycles. The molecule has 0 bridgehead atoms. The molecule has 0 aromatic rings. The molecule has 1 N–H and O–H groups in total. The number of hydrogen-bond donors (Lipinski definition) is 1. The van der Waals surface area contributed by atoms with Crippen molar-refractivity contribution in [2.45, 2.75) is 40.0 Å². The predicted octanol–water partition coefficient (Wildman–Crippen LogP) is 1.81. The summed E-state index contributed by atoms with van der Waals surface area (Å²) in [7, 11) is 3.30. The Balaban J connectivity index is 4.91. The third-order valence-corrected chi connectivity index (χ3v) is 3.53. The first-order chi connectivity index (χ1) is 8.70.